The van der Waals surface area contributed by atoms with E-state index in [1.165, 1.54) is 62.3 Å². The van der Waals surface area contributed by atoms with Crippen molar-refractivity contribution in [1.29, 1.82) is 0 Å². The van der Waals surface area contributed by atoms with Gasteiger partial charge in [0.2, 0.25) is 0 Å². The largest absolute Gasteiger partial charge is 0.371 e. The molecule has 0 radical (unpaired) electrons. The van der Waals surface area contributed by atoms with E-state index < -0.39 is 0 Å². The highest BCUT2D eigenvalue weighted by Gasteiger charge is 2.28. The van der Waals surface area contributed by atoms with E-state index >= 15 is 0 Å². The molecule has 0 saturated carbocycles. The van der Waals surface area contributed by atoms with Gasteiger partial charge in [0.1, 0.15) is 0 Å². The molecular weight excluding hydrogens is 256 g/mol. The lowest BCUT2D eigenvalue weighted by Crippen LogP contribution is -2.50. The average molecular weight is 286 g/mol. The van der Waals surface area contributed by atoms with E-state index in [1.54, 1.807) is 0 Å². The van der Waals surface area contributed by atoms with E-state index in [1.807, 2.05) is 0 Å². The summed E-state index contributed by atoms with van der Waals surface area (Å²) in [7, 11) is 0. The number of aryl methyl sites for hydroxylation is 1. The van der Waals surface area contributed by atoms with Crippen LogP contribution in [0.3, 0.4) is 0 Å². The van der Waals surface area contributed by atoms with Gasteiger partial charge in [0.05, 0.1) is 0 Å². The predicted octanol–water partition coefficient (Wildman–Crippen LogP) is 3.97. The third kappa shape index (κ3) is 3.11. The average Bonchev–Trinajstić information content (AvgIpc) is 2.37. The summed E-state index contributed by atoms with van der Waals surface area (Å²) in [5.74, 6) is 0. The van der Waals surface area contributed by atoms with E-state index in [0.29, 0.717) is 0 Å². The predicted molar refractivity (Wildman–Crippen MR) is 91.3 cm³/mol. The van der Waals surface area contributed by atoms with Crippen LogP contribution < -0.4 is 4.90 Å². The van der Waals surface area contributed by atoms with Gasteiger partial charge in [-0.25, -0.2) is 0 Å². The fourth-order valence-electron chi connectivity index (χ4n) is 3.65. The fourth-order valence-corrected chi connectivity index (χ4v) is 3.65. The minimum atomic E-state index is 0.244. The van der Waals surface area contributed by atoms with Gasteiger partial charge in [-0.3, -0.25) is 0 Å². The molecule has 1 aromatic rings. The Balaban J connectivity index is 1.67. The first-order valence-electron chi connectivity index (χ1n) is 8.55. The summed E-state index contributed by atoms with van der Waals surface area (Å²) >= 11 is 0. The van der Waals surface area contributed by atoms with Crippen molar-refractivity contribution < 1.29 is 0 Å². The molecule has 0 spiro atoms. The second-order valence-electron chi connectivity index (χ2n) is 7.86. The number of hydrogen-bond donors (Lipinski definition) is 0. The molecule has 2 heteroatoms. The van der Waals surface area contributed by atoms with Gasteiger partial charge in [0.25, 0.3) is 0 Å². The van der Waals surface area contributed by atoms with Crippen LogP contribution in [0.4, 0.5) is 5.69 Å². The summed E-state index contributed by atoms with van der Waals surface area (Å²) in [5.41, 5.74) is 4.57. The SMILES string of the molecule is Cc1cc(C(C)(C)C)ccc1N1CCC(N2CCC2)CC1. The van der Waals surface area contributed by atoms with Gasteiger partial charge in [-0.2, -0.15) is 0 Å². The Hall–Kier alpha value is -1.02. The highest BCUT2D eigenvalue weighted by Crippen LogP contribution is 2.31. The summed E-state index contributed by atoms with van der Waals surface area (Å²) in [4.78, 5) is 5.27. The molecule has 21 heavy (non-hydrogen) atoms. The zero-order chi connectivity index (χ0) is 15.0. The van der Waals surface area contributed by atoms with Gasteiger partial charge in [-0.15, -0.1) is 0 Å². The number of rotatable bonds is 2. The summed E-state index contributed by atoms with van der Waals surface area (Å²) < 4.78 is 0. The molecule has 0 amide bonds. The second-order valence-corrected chi connectivity index (χ2v) is 7.86. The van der Waals surface area contributed by atoms with Crippen molar-refractivity contribution in [1.82, 2.24) is 4.90 Å². The van der Waals surface area contributed by atoms with Crippen molar-refractivity contribution in [3.05, 3.63) is 29.3 Å². The first-order valence-corrected chi connectivity index (χ1v) is 8.55. The molecule has 3 rings (SSSR count). The van der Waals surface area contributed by atoms with Crippen molar-refractivity contribution in [2.75, 3.05) is 31.1 Å². The molecule has 0 N–H and O–H groups in total. The van der Waals surface area contributed by atoms with Crippen LogP contribution in [0, 0.1) is 6.92 Å². The molecular formula is C19H30N2. The van der Waals surface area contributed by atoms with Gasteiger partial charge in [0.15, 0.2) is 0 Å². The van der Waals surface area contributed by atoms with Crippen LogP contribution in [-0.2, 0) is 5.41 Å². The molecule has 2 fully saturated rings. The Labute approximate surface area is 130 Å². The highest BCUT2D eigenvalue weighted by molar-refractivity contribution is 5.55. The van der Waals surface area contributed by atoms with Gasteiger partial charge in [0, 0.05) is 24.8 Å². The van der Waals surface area contributed by atoms with Gasteiger partial charge in [-0.1, -0.05) is 32.9 Å². The molecule has 1 aromatic carbocycles. The van der Waals surface area contributed by atoms with Crippen LogP contribution in [0.1, 0.15) is 51.2 Å². The number of nitrogens with zero attached hydrogens (tertiary/aromatic N) is 2. The van der Waals surface area contributed by atoms with E-state index in [4.69, 9.17) is 0 Å². The Kier molecular flexibility index (Phi) is 4.00. The maximum Gasteiger partial charge on any atom is 0.0396 e. The first-order chi connectivity index (χ1) is 9.95. The van der Waals surface area contributed by atoms with Crippen LogP contribution in [0.5, 0.6) is 0 Å². The van der Waals surface area contributed by atoms with Crippen LogP contribution in [0.25, 0.3) is 0 Å². The van der Waals surface area contributed by atoms with Crippen molar-refractivity contribution in [3.8, 4) is 0 Å². The number of anilines is 1. The van der Waals surface area contributed by atoms with E-state index in [0.717, 1.165) is 6.04 Å². The van der Waals surface area contributed by atoms with Crippen molar-refractivity contribution >= 4 is 5.69 Å². The molecule has 2 heterocycles. The smallest absolute Gasteiger partial charge is 0.0396 e. The van der Waals surface area contributed by atoms with Gasteiger partial charge < -0.3 is 9.80 Å². The number of piperidine rings is 1. The van der Waals surface area contributed by atoms with E-state index in [9.17, 15) is 0 Å². The molecule has 0 unspecified atom stereocenters. The fraction of sp³-hybridized carbons (Fsp3) is 0.684. The van der Waals surface area contributed by atoms with Crippen molar-refractivity contribution in [3.63, 3.8) is 0 Å². The first kappa shape index (κ1) is 14.9. The molecule has 2 nitrogen and oxygen atoms in total. The minimum Gasteiger partial charge on any atom is -0.371 e. The monoisotopic (exact) mass is 286 g/mol. The topological polar surface area (TPSA) is 6.48 Å². The number of benzene rings is 1. The molecule has 0 bridgehead atoms. The zero-order valence-corrected chi connectivity index (χ0v) is 14.2. The molecule has 2 aliphatic heterocycles. The van der Waals surface area contributed by atoms with E-state index in [-0.39, 0.29) is 5.41 Å². The summed E-state index contributed by atoms with van der Waals surface area (Å²) in [6.07, 6.45) is 4.08. The maximum atomic E-state index is 2.67. The molecule has 2 saturated heterocycles. The van der Waals surface area contributed by atoms with Crippen LogP contribution in [-0.4, -0.2) is 37.1 Å². The lowest BCUT2D eigenvalue weighted by Gasteiger charge is -2.43. The molecule has 0 aliphatic carbocycles. The van der Waals surface area contributed by atoms with Crippen molar-refractivity contribution in [2.45, 2.75) is 58.4 Å². The quantitative estimate of drug-likeness (QED) is 0.812. The Bertz CT molecular complexity index is 489. The van der Waals surface area contributed by atoms with E-state index in [2.05, 4.69) is 55.7 Å². The Morgan fingerprint density at radius 1 is 1.00 bits per heavy atom. The third-order valence-corrected chi connectivity index (χ3v) is 5.28. The summed E-state index contributed by atoms with van der Waals surface area (Å²) in [6.45, 7) is 14.3. The molecule has 0 atom stereocenters. The van der Waals surface area contributed by atoms with Crippen LogP contribution >= 0.6 is 0 Å². The van der Waals surface area contributed by atoms with Crippen LogP contribution in [0.15, 0.2) is 18.2 Å². The Morgan fingerprint density at radius 2 is 1.67 bits per heavy atom. The lowest BCUT2D eigenvalue weighted by atomic mass is 9.86. The lowest BCUT2D eigenvalue weighted by molar-refractivity contribution is 0.100. The Morgan fingerprint density at radius 3 is 2.14 bits per heavy atom. The second kappa shape index (κ2) is 5.64. The standard InChI is InChI=1S/C19H30N2/c1-15-14-16(19(2,3)4)6-7-18(15)21-12-8-17(9-13-21)20-10-5-11-20/h6-7,14,17H,5,8-13H2,1-4H3. The normalized spacial score (nSPS) is 21.4. The molecule has 0 aromatic heterocycles. The number of hydrogen-bond acceptors (Lipinski definition) is 2. The van der Waals surface area contributed by atoms with Gasteiger partial charge >= 0.3 is 0 Å². The minimum absolute atomic E-state index is 0.244. The zero-order valence-electron chi connectivity index (χ0n) is 14.2. The van der Waals surface area contributed by atoms with Crippen molar-refractivity contribution in [2.24, 2.45) is 0 Å². The highest BCUT2D eigenvalue weighted by atomic mass is 15.2. The molecule has 2 aliphatic rings. The maximum absolute atomic E-state index is 2.67. The van der Waals surface area contributed by atoms with Gasteiger partial charge in [-0.05, 0) is 61.9 Å². The third-order valence-electron chi connectivity index (χ3n) is 5.28. The number of likely N-dealkylation sites (tertiary alicyclic amines) is 1. The van der Waals surface area contributed by atoms with Crippen LogP contribution in [0.2, 0.25) is 0 Å². The summed E-state index contributed by atoms with van der Waals surface area (Å²) in [5, 5.41) is 0. The summed E-state index contributed by atoms with van der Waals surface area (Å²) in [6, 6.07) is 7.91. The molecule has 116 valence electrons.